The average molecular weight is 1880 g/mol. The Labute approximate surface area is 794 Å². The number of fused-ring (bicyclic) bond motifs is 4. The maximum atomic E-state index is 14.7. The van der Waals surface area contributed by atoms with E-state index in [1.165, 1.54) is 15.9 Å². The largest absolute Gasteiger partial charge is 0.338 e. The predicted octanol–water partition coefficient (Wildman–Crippen LogP) is 19.5. The molecule has 8 aromatic rings. The zero-order valence-electron chi connectivity index (χ0n) is 75.5. The highest BCUT2D eigenvalue weighted by molar-refractivity contribution is 6.32. The molecule has 4 heterocycles. The number of nitrogens with zero attached hydrogens (tertiary/aromatic N) is 5. The van der Waals surface area contributed by atoms with E-state index in [4.69, 9.17) is 46.4 Å². The minimum absolute atomic E-state index is 0.0195. The van der Waals surface area contributed by atoms with Crippen LogP contribution < -0.4 is 42.1 Å². The van der Waals surface area contributed by atoms with Crippen molar-refractivity contribution < 1.29 is 61.9 Å². The second kappa shape index (κ2) is 44.3. The fraction of sp³-hybridized carbons (Fsp3) is 0.346. The molecule has 4 unspecified atom stereocenters. The van der Waals surface area contributed by atoms with E-state index in [0.29, 0.717) is 152 Å². The van der Waals surface area contributed by atoms with Crippen LogP contribution in [0.15, 0.2) is 188 Å². The lowest BCUT2D eigenvalue weighted by Crippen LogP contribution is -2.40. The predicted molar refractivity (Wildman–Crippen MR) is 515 cm³/mol. The molecular formula is C104H111Cl4FN12O12. The Morgan fingerprint density at radius 3 is 1.26 bits per heavy atom. The lowest BCUT2D eigenvalue weighted by Gasteiger charge is -2.25. The van der Waals surface area contributed by atoms with Crippen LogP contribution in [0, 0.1) is 33.5 Å². The second-order valence-corrected chi connectivity index (χ2v) is 37.1. The van der Waals surface area contributed by atoms with Gasteiger partial charge in [-0.05, 0) is 250 Å². The number of Topliss-reactive ketones (excluding diaryl/α,β-unsaturated/α-hetero) is 4. The summed E-state index contributed by atoms with van der Waals surface area (Å²) < 4.78 is 14.7. The topological polar surface area (TPSA) is 305 Å². The number of nitrogens with one attached hydrogen (secondary N) is 7. The fourth-order valence-corrected chi connectivity index (χ4v) is 18.6. The van der Waals surface area contributed by atoms with E-state index in [9.17, 15) is 61.9 Å². The number of carbonyl (C=O) groups excluding carboxylic acids is 12. The molecule has 4 saturated carbocycles. The third-order valence-electron chi connectivity index (χ3n) is 25.6. The van der Waals surface area contributed by atoms with Crippen molar-refractivity contribution in [2.45, 2.75) is 220 Å². The molecule has 694 valence electrons. The second-order valence-electron chi connectivity index (χ2n) is 35.4. The zero-order chi connectivity index (χ0) is 95.2. The molecule has 4 aliphatic carbocycles. The number of aryl methyl sites for hydroxylation is 4. The molecular weight excluding hydrogens is 1770 g/mol. The monoisotopic (exact) mass is 1880 g/mol. The van der Waals surface area contributed by atoms with E-state index in [2.05, 4.69) is 63.5 Å². The zero-order valence-corrected chi connectivity index (χ0v) is 78.6. The minimum Gasteiger partial charge on any atom is -0.338 e. The van der Waals surface area contributed by atoms with Crippen LogP contribution in [0.5, 0.6) is 0 Å². The van der Waals surface area contributed by atoms with Crippen LogP contribution in [0.1, 0.15) is 222 Å². The minimum atomic E-state index is -0.580. The first-order valence-electron chi connectivity index (χ1n) is 44.9. The molecule has 133 heavy (non-hydrogen) atoms. The van der Waals surface area contributed by atoms with Crippen LogP contribution in [0.4, 0.5) is 34.9 Å². The van der Waals surface area contributed by atoms with Gasteiger partial charge in [0.2, 0.25) is 0 Å². The van der Waals surface area contributed by atoms with Crippen molar-refractivity contribution >= 4 is 129 Å². The average Bonchev–Trinajstić information content (AvgIpc) is 1.64. The summed E-state index contributed by atoms with van der Waals surface area (Å²) in [7, 11) is 1.69. The van der Waals surface area contributed by atoms with Gasteiger partial charge >= 0.3 is 24.1 Å². The summed E-state index contributed by atoms with van der Waals surface area (Å²) in [5, 5.41) is 22.1. The lowest BCUT2D eigenvalue weighted by molar-refractivity contribution is -0.123. The first kappa shape index (κ1) is 98.0. The van der Waals surface area contributed by atoms with Gasteiger partial charge < -0.3 is 56.8 Å². The number of hydrogen-bond donors (Lipinski definition) is 7. The van der Waals surface area contributed by atoms with Gasteiger partial charge in [-0.15, -0.1) is 0 Å². The number of allylic oxidation sites excluding steroid dienone is 4. The van der Waals surface area contributed by atoms with Gasteiger partial charge in [0.05, 0.1) is 24.2 Å². The molecule has 16 rings (SSSR count). The summed E-state index contributed by atoms with van der Waals surface area (Å²) in [6.45, 7) is 26.7. The van der Waals surface area contributed by atoms with Crippen molar-refractivity contribution in [3.05, 3.63) is 314 Å². The number of urea groups is 4. The maximum absolute atomic E-state index is 14.7. The number of carbonyl (C=O) groups is 12. The Morgan fingerprint density at radius 2 is 0.774 bits per heavy atom. The highest BCUT2D eigenvalue weighted by Crippen LogP contribution is 2.38. The molecule has 12 amide bonds. The third kappa shape index (κ3) is 24.7. The van der Waals surface area contributed by atoms with Crippen LogP contribution in [0.2, 0.25) is 20.1 Å². The molecule has 4 atom stereocenters. The maximum Gasteiger partial charge on any atom is 0.321 e. The van der Waals surface area contributed by atoms with Crippen LogP contribution >= 0.6 is 46.4 Å². The fourth-order valence-electron chi connectivity index (χ4n) is 17.9. The van der Waals surface area contributed by atoms with Gasteiger partial charge in [0, 0.05) is 157 Å². The van der Waals surface area contributed by atoms with Crippen molar-refractivity contribution in [1.29, 1.82) is 0 Å². The van der Waals surface area contributed by atoms with E-state index in [1.807, 2.05) is 113 Å². The van der Waals surface area contributed by atoms with E-state index in [0.717, 1.165) is 145 Å². The molecule has 8 aliphatic rings. The number of amides is 12. The molecule has 0 bridgehead atoms. The highest BCUT2D eigenvalue weighted by Gasteiger charge is 2.42. The third-order valence-corrected chi connectivity index (χ3v) is 27.2. The van der Waals surface area contributed by atoms with Crippen LogP contribution in [0.25, 0.3) is 0 Å². The van der Waals surface area contributed by atoms with Gasteiger partial charge in [-0.1, -0.05) is 168 Å². The van der Waals surface area contributed by atoms with Crippen molar-refractivity contribution in [3.63, 3.8) is 0 Å². The molecule has 29 heteroatoms. The molecule has 0 saturated heterocycles. The van der Waals surface area contributed by atoms with Crippen molar-refractivity contribution in [1.82, 2.24) is 51.5 Å². The van der Waals surface area contributed by atoms with E-state index < -0.39 is 23.9 Å². The quantitative estimate of drug-likeness (QED) is 0.0294. The van der Waals surface area contributed by atoms with E-state index in [1.54, 1.807) is 70.3 Å². The van der Waals surface area contributed by atoms with Gasteiger partial charge in [-0.25, -0.2) is 23.6 Å². The van der Waals surface area contributed by atoms with Gasteiger partial charge in [-0.2, -0.15) is 0 Å². The van der Waals surface area contributed by atoms with Crippen molar-refractivity contribution in [2.24, 2.45) is 0 Å². The first-order chi connectivity index (χ1) is 63.6. The molecule has 0 aromatic heterocycles. The summed E-state index contributed by atoms with van der Waals surface area (Å²) in [4.78, 5) is 160. The Hall–Kier alpha value is -12.6. The summed E-state index contributed by atoms with van der Waals surface area (Å²) in [5.41, 5.74) is 19.2. The van der Waals surface area contributed by atoms with Gasteiger partial charge in [0.1, 0.15) is 5.82 Å². The smallest absolute Gasteiger partial charge is 0.321 e. The summed E-state index contributed by atoms with van der Waals surface area (Å²) in [5.74, 6) is -1.01. The highest BCUT2D eigenvalue weighted by atomic mass is 35.5. The number of hydrogen-bond acceptors (Lipinski definition) is 12. The van der Waals surface area contributed by atoms with Crippen molar-refractivity contribution in [2.75, 3.05) is 23.8 Å². The Kier molecular flexibility index (Phi) is 32.6. The lowest BCUT2D eigenvalue weighted by atomic mass is 10.0. The van der Waals surface area contributed by atoms with Gasteiger partial charge in [-0.3, -0.25) is 43.3 Å². The molecule has 0 spiro atoms. The van der Waals surface area contributed by atoms with Crippen LogP contribution in [-0.2, 0) is 84.5 Å². The van der Waals surface area contributed by atoms with Gasteiger partial charge in [0.25, 0.3) is 23.6 Å². The Morgan fingerprint density at radius 1 is 0.391 bits per heavy atom. The standard InChI is InChI=1S/C27H30ClN3O3.2C26H28ClN3O3.C25H25ClFN3O3/c1-17-4-3-5-24(25(32)12-17)31-16-21-13-20(8-9-22(21)26(31)33)15-30-27(34)29-11-10-19-7-6-18(2)23(28)14-19;1-16-5-4-6-23(24(31)11-16)30-15-19-12-18(8-10-21(19)25(30)32)14-28-26(33)29(3)20-9-7-17(2)22(27)13-20;1-16-5-3-8-23(24(31)11-16)30-15-21-19(6-4-7-20(21)25(30)32)14-29-26(33)28-13-18-10-9-17(2)22(27)12-18;1-14-4-3-5-22(23(31)8-14)30-13-17-9-16(21(27)11-19(17)24(30)32)12-28-25(33)29-18-7-6-15(2)20(26)10-18/h6-9,13-14,24H,1,3-5,10-12,15-16H2,2H3,(H2,29,30,34);7-10,12-13,23H,1,4-6,11,14-15H2,2-3H3,(H,28,33);4,6-7,9-10,12,23H,1,3,5,8,11,13-15H2,2H3,(H2,28,29,33);6-7,9-11,22H,1,3-5,8,12-13H2,2H3,(H2,28,29,33). The number of rotatable bonds is 19. The van der Waals surface area contributed by atoms with Crippen LogP contribution in [0.3, 0.4) is 0 Å². The van der Waals surface area contributed by atoms with Crippen LogP contribution in [-0.4, -0.2) is 128 Å². The normalized spacial score (nSPS) is 18.2. The number of ketones is 4. The van der Waals surface area contributed by atoms with E-state index >= 15 is 0 Å². The van der Waals surface area contributed by atoms with Gasteiger partial charge in [0.15, 0.2) is 23.1 Å². The first-order valence-corrected chi connectivity index (χ1v) is 46.4. The van der Waals surface area contributed by atoms with Crippen molar-refractivity contribution in [3.8, 4) is 0 Å². The molecule has 4 aliphatic heterocycles. The Balaban J connectivity index is 0.000000151. The SMILES string of the molecule is C=C1CCCC(N2Cc3c(CNC(=O)NCc4ccc(C)c(Cl)c4)cccc3C2=O)C(=O)C1.C=C1CCCC(N2Cc3cc(CNC(=O)N(C)c4ccc(C)c(Cl)c4)ccc3C2=O)C(=O)C1.C=C1CCCC(N2Cc3cc(CNC(=O)NCCc4ccc(C)c(Cl)c4)ccc3C2=O)C(=O)C1.C=C1CCCC(N2Cc3cc(CNC(=O)Nc4ccc(C)c(Cl)c4)c(F)cc3C2=O)C(=O)C1. The number of benzene rings is 8. The van der Waals surface area contributed by atoms with E-state index in [-0.39, 0.29) is 108 Å². The Bertz CT molecular complexity index is 6010. The molecule has 24 nitrogen and oxygen atoms in total. The molecule has 0 radical (unpaired) electrons. The summed E-state index contributed by atoms with van der Waals surface area (Å²) >= 11 is 24.5. The molecule has 4 fully saturated rings. The summed E-state index contributed by atoms with van der Waals surface area (Å²) in [6.07, 6.45) is 11.3. The molecule has 7 N–H and O–H groups in total. The molecule has 8 aromatic carbocycles. The number of anilines is 2. The summed E-state index contributed by atoms with van der Waals surface area (Å²) in [6, 6.07) is 38.7. The number of halogens is 5.